The summed E-state index contributed by atoms with van der Waals surface area (Å²) in [6.45, 7) is 10.5. The highest BCUT2D eigenvalue weighted by molar-refractivity contribution is 5.32. The Kier molecular flexibility index (Phi) is 2.32. The lowest BCUT2D eigenvalue weighted by molar-refractivity contribution is 0.530. The number of hydrogen-bond acceptors (Lipinski definition) is 1. The van der Waals surface area contributed by atoms with Gasteiger partial charge in [-0.15, -0.1) is 6.58 Å². The lowest BCUT2D eigenvalue weighted by Crippen LogP contribution is -2.16. The molecule has 0 spiro atoms. The van der Waals surface area contributed by atoms with Crippen LogP contribution in [0, 0.1) is 0 Å². The molecule has 0 unspecified atom stereocenters. The quantitative estimate of drug-likeness (QED) is 0.542. The molecule has 0 bridgehead atoms. The van der Waals surface area contributed by atoms with Crippen LogP contribution in [0.15, 0.2) is 48.9 Å². The molecule has 1 aliphatic rings. The van der Waals surface area contributed by atoms with Gasteiger partial charge in [-0.3, -0.25) is 0 Å². The van der Waals surface area contributed by atoms with E-state index in [9.17, 15) is 0 Å². The van der Waals surface area contributed by atoms with Gasteiger partial charge < -0.3 is 4.90 Å². The maximum absolute atomic E-state index is 3.92. The van der Waals surface area contributed by atoms with Crippen molar-refractivity contribution in [3.8, 4) is 0 Å². The summed E-state index contributed by atoms with van der Waals surface area (Å²) in [4.78, 5) is 2.06. The molecule has 0 aromatic carbocycles. The molecule has 0 aromatic rings. The Hall–Kier alpha value is -1.24. The van der Waals surface area contributed by atoms with Gasteiger partial charge in [-0.2, -0.15) is 0 Å². The number of rotatable bonds is 2. The zero-order valence-corrected chi connectivity index (χ0v) is 6.88. The number of nitrogens with zero attached hydrogens (tertiary/aromatic N) is 1. The first kappa shape index (κ1) is 7.86. The molecule has 11 heavy (non-hydrogen) atoms. The molecule has 0 amide bonds. The van der Waals surface area contributed by atoms with Gasteiger partial charge in [-0.05, 0) is 24.6 Å². The van der Waals surface area contributed by atoms with Crippen LogP contribution in [0.5, 0.6) is 0 Å². The fourth-order valence-electron chi connectivity index (χ4n) is 1.01. The van der Waals surface area contributed by atoms with Crippen LogP contribution in [0.3, 0.4) is 0 Å². The van der Waals surface area contributed by atoms with E-state index in [1.54, 1.807) is 0 Å². The highest BCUT2D eigenvalue weighted by Gasteiger charge is 2.03. The summed E-state index contributed by atoms with van der Waals surface area (Å²) in [7, 11) is 0. The largest absolute Gasteiger partial charge is 0.345 e. The molecule has 1 heterocycles. The van der Waals surface area contributed by atoms with Crippen molar-refractivity contribution in [3.05, 3.63) is 48.9 Å². The minimum absolute atomic E-state index is 0.832. The molecule has 1 aliphatic heterocycles. The lowest BCUT2D eigenvalue weighted by atomic mass is 10.2. The Morgan fingerprint density at radius 3 is 2.91 bits per heavy atom. The third kappa shape index (κ3) is 1.84. The van der Waals surface area contributed by atoms with Crippen LogP contribution in [0.1, 0.15) is 6.92 Å². The third-order valence-electron chi connectivity index (χ3n) is 1.61. The SMILES string of the molecule is C=CCN1C=CC(C)=CC1=C. The lowest BCUT2D eigenvalue weighted by Gasteiger charge is -2.22. The molecule has 1 rings (SSSR count). The molecule has 1 nitrogen and oxygen atoms in total. The van der Waals surface area contributed by atoms with E-state index in [0.29, 0.717) is 0 Å². The maximum Gasteiger partial charge on any atom is 0.0403 e. The minimum Gasteiger partial charge on any atom is -0.345 e. The Labute approximate surface area is 68.0 Å². The second-order valence-electron chi connectivity index (χ2n) is 2.64. The van der Waals surface area contributed by atoms with Crippen LogP contribution in [0.2, 0.25) is 0 Å². The highest BCUT2D eigenvalue weighted by Crippen LogP contribution is 2.14. The number of hydrogen-bond donors (Lipinski definition) is 0. The first-order valence-corrected chi connectivity index (χ1v) is 3.67. The molecule has 0 radical (unpaired) electrons. The molecule has 58 valence electrons. The maximum atomic E-state index is 3.92. The molecule has 0 N–H and O–H groups in total. The zero-order valence-electron chi connectivity index (χ0n) is 6.88. The Morgan fingerprint density at radius 1 is 1.64 bits per heavy atom. The van der Waals surface area contributed by atoms with Crippen LogP contribution in [-0.4, -0.2) is 11.4 Å². The van der Waals surface area contributed by atoms with Crippen molar-refractivity contribution in [1.82, 2.24) is 4.90 Å². The zero-order chi connectivity index (χ0) is 8.27. The normalized spacial score (nSPS) is 16.6. The Bertz CT molecular complexity index is 233. The summed E-state index contributed by atoms with van der Waals surface area (Å²) in [5, 5.41) is 0. The summed E-state index contributed by atoms with van der Waals surface area (Å²) in [5.74, 6) is 0. The topological polar surface area (TPSA) is 3.24 Å². The molecule has 0 aliphatic carbocycles. The average Bonchev–Trinajstić information content (AvgIpc) is 1.95. The summed E-state index contributed by atoms with van der Waals surface area (Å²) in [6.07, 6.45) is 8.02. The highest BCUT2D eigenvalue weighted by atomic mass is 15.1. The Balaban J connectivity index is 2.69. The second kappa shape index (κ2) is 3.24. The van der Waals surface area contributed by atoms with E-state index in [1.165, 1.54) is 5.57 Å². The van der Waals surface area contributed by atoms with Crippen molar-refractivity contribution >= 4 is 0 Å². The smallest absolute Gasteiger partial charge is 0.0403 e. The van der Waals surface area contributed by atoms with E-state index in [-0.39, 0.29) is 0 Å². The molecular formula is C10H13N. The predicted molar refractivity (Wildman–Crippen MR) is 48.9 cm³/mol. The van der Waals surface area contributed by atoms with E-state index >= 15 is 0 Å². The first-order valence-electron chi connectivity index (χ1n) is 3.67. The standard InChI is InChI=1S/C10H13N/c1-4-6-11-7-5-9(2)8-10(11)3/h4-5,7-8H,1,3,6H2,2H3. The fraction of sp³-hybridized carbons (Fsp3) is 0.200. The predicted octanol–water partition coefficient (Wildman–Crippen LogP) is 2.46. The van der Waals surface area contributed by atoms with Crippen LogP contribution in [-0.2, 0) is 0 Å². The molecule has 0 fully saturated rings. The summed E-state index contributed by atoms with van der Waals surface area (Å²) in [6, 6.07) is 0. The molecule has 0 aromatic heterocycles. The van der Waals surface area contributed by atoms with Crippen molar-refractivity contribution < 1.29 is 0 Å². The van der Waals surface area contributed by atoms with Crippen LogP contribution < -0.4 is 0 Å². The van der Waals surface area contributed by atoms with E-state index in [0.717, 1.165) is 12.2 Å². The van der Waals surface area contributed by atoms with Crippen molar-refractivity contribution in [2.24, 2.45) is 0 Å². The van der Waals surface area contributed by atoms with E-state index in [1.807, 2.05) is 12.3 Å². The van der Waals surface area contributed by atoms with Gasteiger partial charge in [0.2, 0.25) is 0 Å². The van der Waals surface area contributed by atoms with E-state index in [4.69, 9.17) is 0 Å². The minimum atomic E-state index is 0.832. The third-order valence-corrected chi connectivity index (χ3v) is 1.61. The summed E-state index contributed by atoms with van der Waals surface area (Å²) in [5.41, 5.74) is 2.28. The van der Waals surface area contributed by atoms with Gasteiger partial charge in [-0.25, -0.2) is 0 Å². The Morgan fingerprint density at radius 2 is 2.36 bits per heavy atom. The van der Waals surface area contributed by atoms with Crippen LogP contribution in [0.25, 0.3) is 0 Å². The molecule has 0 saturated carbocycles. The van der Waals surface area contributed by atoms with Crippen molar-refractivity contribution in [2.75, 3.05) is 6.54 Å². The molecule has 0 saturated heterocycles. The van der Waals surface area contributed by atoms with Gasteiger partial charge in [0.25, 0.3) is 0 Å². The van der Waals surface area contributed by atoms with Gasteiger partial charge in [0.15, 0.2) is 0 Å². The van der Waals surface area contributed by atoms with Gasteiger partial charge >= 0.3 is 0 Å². The first-order chi connectivity index (χ1) is 5.24. The number of allylic oxidation sites excluding steroid dienone is 3. The van der Waals surface area contributed by atoms with Gasteiger partial charge in [-0.1, -0.05) is 12.7 Å². The van der Waals surface area contributed by atoms with Crippen LogP contribution in [0.4, 0.5) is 0 Å². The van der Waals surface area contributed by atoms with Crippen molar-refractivity contribution in [3.63, 3.8) is 0 Å². The second-order valence-corrected chi connectivity index (χ2v) is 2.64. The fourth-order valence-corrected chi connectivity index (χ4v) is 1.01. The average molecular weight is 147 g/mol. The molecule has 1 heteroatoms. The summed E-state index contributed by atoms with van der Waals surface area (Å²) >= 11 is 0. The molecule has 0 atom stereocenters. The summed E-state index contributed by atoms with van der Waals surface area (Å²) < 4.78 is 0. The van der Waals surface area contributed by atoms with Gasteiger partial charge in [0.1, 0.15) is 0 Å². The van der Waals surface area contributed by atoms with E-state index < -0.39 is 0 Å². The van der Waals surface area contributed by atoms with Gasteiger partial charge in [0, 0.05) is 18.4 Å². The van der Waals surface area contributed by atoms with Gasteiger partial charge in [0.05, 0.1) is 0 Å². The van der Waals surface area contributed by atoms with E-state index in [2.05, 4.69) is 37.1 Å². The molecular weight excluding hydrogens is 134 g/mol. The van der Waals surface area contributed by atoms with Crippen molar-refractivity contribution in [2.45, 2.75) is 6.92 Å². The van der Waals surface area contributed by atoms with Crippen molar-refractivity contribution in [1.29, 1.82) is 0 Å². The van der Waals surface area contributed by atoms with Crippen LogP contribution >= 0.6 is 0 Å². The monoisotopic (exact) mass is 147 g/mol.